The lowest BCUT2D eigenvalue weighted by Gasteiger charge is -2.08. The van der Waals surface area contributed by atoms with Crippen molar-refractivity contribution in [3.05, 3.63) is 65.6 Å². The molecule has 0 aliphatic heterocycles. The number of halogens is 1. The van der Waals surface area contributed by atoms with Gasteiger partial charge in [0.1, 0.15) is 11.5 Å². The van der Waals surface area contributed by atoms with E-state index in [9.17, 15) is 14.0 Å². The summed E-state index contributed by atoms with van der Waals surface area (Å²) in [5.74, 6) is -1.44. The van der Waals surface area contributed by atoms with Gasteiger partial charge < -0.3 is 15.0 Å². The van der Waals surface area contributed by atoms with Crippen LogP contribution in [0, 0.1) is 5.82 Å². The summed E-state index contributed by atoms with van der Waals surface area (Å²) in [6, 6.07) is 12.5. The minimum absolute atomic E-state index is 0.199. The third-order valence-electron chi connectivity index (χ3n) is 3.44. The van der Waals surface area contributed by atoms with Gasteiger partial charge in [-0.1, -0.05) is 18.2 Å². The smallest absolute Gasteiger partial charge is 0.339 e. The van der Waals surface area contributed by atoms with Crippen molar-refractivity contribution in [2.45, 2.75) is 0 Å². The Morgan fingerprint density at radius 2 is 1.91 bits per heavy atom. The molecule has 0 unspecified atom stereocenters. The van der Waals surface area contributed by atoms with Gasteiger partial charge in [-0.05, 0) is 30.3 Å². The Labute approximate surface area is 131 Å². The van der Waals surface area contributed by atoms with Gasteiger partial charge in [0, 0.05) is 10.9 Å². The molecule has 3 aromatic rings. The molecule has 23 heavy (non-hydrogen) atoms. The number of hydrogen-bond donors (Lipinski definition) is 2. The van der Waals surface area contributed by atoms with Gasteiger partial charge in [-0.15, -0.1) is 0 Å². The molecule has 1 aromatic heterocycles. The SMILES string of the molecule is COC(=O)c1ccccc1NC(=O)c1cc2c(F)cccc2[nH]1. The van der Waals surface area contributed by atoms with E-state index in [0.717, 1.165) is 0 Å². The van der Waals surface area contributed by atoms with E-state index in [-0.39, 0.29) is 11.3 Å². The molecule has 2 aromatic carbocycles. The van der Waals surface area contributed by atoms with Crippen LogP contribution in [0.1, 0.15) is 20.8 Å². The first-order chi connectivity index (χ1) is 11.1. The summed E-state index contributed by atoms with van der Waals surface area (Å²) < 4.78 is 18.4. The van der Waals surface area contributed by atoms with Gasteiger partial charge in [-0.3, -0.25) is 4.79 Å². The Kier molecular flexibility index (Phi) is 3.80. The van der Waals surface area contributed by atoms with E-state index in [1.54, 1.807) is 36.4 Å². The quantitative estimate of drug-likeness (QED) is 0.729. The Hall–Kier alpha value is -3.15. The fraction of sp³-hybridized carbons (Fsp3) is 0.0588. The van der Waals surface area contributed by atoms with Crippen molar-refractivity contribution < 1.29 is 18.7 Å². The lowest BCUT2D eigenvalue weighted by atomic mass is 10.1. The second-order valence-corrected chi connectivity index (χ2v) is 4.88. The second-order valence-electron chi connectivity index (χ2n) is 4.88. The van der Waals surface area contributed by atoms with Gasteiger partial charge in [0.2, 0.25) is 0 Å². The van der Waals surface area contributed by atoms with Gasteiger partial charge in [0.25, 0.3) is 5.91 Å². The fourth-order valence-electron chi connectivity index (χ4n) is 2.31. The largest absolute Gasteiger partial charge is 0.465 e. The predicted molar refractivity (Wildman–Crippen MR) is 84.0 cm³/mol. The summed E-state index contributed by atoms with van der Waals surface area (Å²) in [6.45, 7) is 0. The van der Waals surface area contributed by atoms with Crippen molar-refractivity contribution in [3.63, 3.8) is 0 Å². The Balaban J connectivity index is 1.92. The van der Waals surface area contributed by atoms with Gasteiger partial charge >= 0.3 is 5.97 Å². The van der Waals surface area contributed by atoms with Crippen LogP contribution in [-0.4, -0.2) is 24.0 Å². The van der Waals surface area contributed by atoms with E-state index < -0.39 is 17.7 Å². The number of fused-ring (bicyclic) bond motifs is 1. The standard InChI is InChI=1S/C17H13FN2O3/c1-23-17(22)10-5-2-3-7-13(10)20-16(21)15-9-11-12(18)6-4-8-14(11)19-15/h2-9,19H,1H3,(H,20,21). The highest BCUT2D eigenvalue weighted by Gasteiger charge is 2.16. The molecule has 3 rings (SSSR count). The minimum Gasteiger partial charge on any atom is -0.465 e. The first-order valence-corrected chi connectivity index (χ1v) is 6.86. The van der Waals surface area contributed by atoms with Crippen molar-refractivity contribution in [1.29, 1.82) is 0 Å². The average Bonchev–Trinajstić information content (AvgIpc) is 3.00. The number of aromatic amines is 1. The number of esters is 1. The number of H-pyrrole nitrogens is 1. The number of carbonyl (C=O) groups excluding carboxylic acids is 2. The van der Waals surface area contributed by atoms with Crippen LogP contribution in [0.3, 0.4) is 0 Å². The number of methoxy groups -OCH3 is 1. The van der Waals surface area contributed by atoms with Gasteiger partial charge in [-0.25, -0.2) is 9.18 Å². The lowest BCUT2D eigenvalue weighted by molar-refractivity contribution is 0.0602. The third kappa shape index (κ3) is 2.78. The van der Waals surface area contributed by atoms with Gasteiger partial charge in [-0.2, -0.15) is 0 Å². The van der Waals surface area contributed by atoms with Crippen molar-refractivity contribution in [2.75, 3.05) is 12.4 Å². The highest BCUT2D eigenvalue weighted by atomic mass is 19.1. The number of amides is 1. The average molecular weight is 312 g/mol. The van der Waals surface area contributed by atoms with Crippen molar-refractivity contribution in [2.24, 2.45) is 0 Å². The molecule has 0 saturated carbocycles. The van der Waals surface area contributed by atoms with E-state index in [1.165, 1.54) is 19.2 Å². The Morgan fingerprint density at radius 3 is 2.65 bits per heavy atom. The molecule has 6 heteroatoms. The molecule has 5 nitrogen and oxygen atoms in total. The molecule has 0 spiro atoms. The molecule has 0 aliphatic carbocycles. The molecule has 1 amide bonds. The number of nitrogens with one attached hydrogen (secondary N) is 2. The number of aromatic nitrogens is 1. The normalized spacial score (nSPS) is 10.5. The first-order valence-electron chi connectivity index (χ1n) is 6.86. The number of carbonyl (C=O) groups is 2. The minimum atomic E-state index is -0.552. The summed E-state index contributed by atoms with van der Waals surface area (Å²) in [4.78, 5) is 26.9. The van der Waals surface area contributed by atoms with Gasteiger partial charge in [0.05, 0.1) is 18.4 Å². The molecule has 0 aliphatic rings. The number of benzene rings is 2. The molecule has 0 saturated heterocycles. The highest BCUT2D eigenvalue weighted by molar-refractivity contribution is 6.09. The summed E-state index contributed by atoms with van der Waals surface area (Å²) >= 11 is 0. The third-order valence-corrected chi connectivity index (χ3v) is 3.44. The molecule has 0 atom stereocenters. The van der Waals surface area contributed by atoms with Crippen molar-refractivity contribution in [3.8, 4) is 0 Å². The zero-order valence-corrected chi connectivity index (χ0v) is 12.2. The van der Waals surface area contributed by atoms with E-state index in [1.807, 2.05) is 0 Å². The summed E-state index contributed by atoms with van der Waals surface area (Å²) in [5, 5.41) is 2.96. The zero-order chi connectivity index (χ0) is 16.4. The fourth-order valence-corrected chi connectivity index (χ4v) is 2.31. The number of rotatable bonds is 3. The molecule has 0 fully saturated rings. The zero-order valence-electron chi connectivity index (χ0n) is 12.2. The maximum Gasteiger partial charge on any atom is 0.339 e. The van der Waals surface area contributed by atoms with Crippen LogP contribution in [0.25, 0.3) is 10.9 Å². The van der Waals surface area contributed by atoms with Crippen LogP contribution in [-0.2, 0) is 4.74 Å². The van der Waals surface area contributed by atoms with E-state index in [4.69, 9.17) is 0 Å². The van der Waals surface area contributed by atoms with Crippen molar-refractivity contribution in [1.82, 2.24) is 4.98 Å². The molecule has 0 radical (unpaired) electrons. The first kappa shape index (κ1) is 14.8. The molecule has 2 N–H and O–H groups in total. The van der Waals surface area contributed by atoms with Crippen LogP contribution in [0.4, 0.5) is 10.1 Å². The van der Waals surface area contributed by atoms with Crippen LogP contribution in [0.5, 0.6) is 0 Å². The molecule has 1 heterocycles. The van der Waals surface area contributed by atoms with Crippen LogP contribution < -0.4 is 5.32 Å². The highest BCUT2D eigenvalue weighted by Crippen LogP contribution is 2.21. The monoisotopic (exact) mass is 312 g/mol. The van der Waals surface area contributed by atoms with Crippen LogP contribution in [0.2, 0.25) is 0 Å². The molecule has 116 valence electrons. The number of anilines is 1. The number of para-hydroxylation sites is 1. The topological polar surface area (TPSA) is 71.2 Å². The number of hydrogen-bond acceptors (Lipinski definition) is 3. The Bertz CT molecular complexity index is 902. The second kappa shape index (κ2) is 5.92. The molecular formula is C17H13FN2O3. The van der Waals surface area contributed by atoms with E-state index in [0.29, 0.717) is 16.6 Å². The summed E-state index contributed by atoms with van der Waals surface area (Å²) in [5.41, 5.74) is 1.29. The van der Waals surface area contributed by atoms with Crippen LogP contribution >= 0.6 is 0 Å². The summed E-state index contributed by atoms with van der Waals surface area (Å²) in [6.07, 6.45) is 0. The Morgan fingerprint density at radius 1 is 1.13 bits per heavy atom. The van der Waals surface area contributed by atoms with E-state index >= 15 is 0 Å². The van der Waals surface area contributed by atoms with Crippen molar-refractivity contribution >= 4 is 28.5 Å². The summed E-state index contributed by atoms with van der Waals surface area (Å²) in [7, 11) is 1.27. The number of ether oxygens (including phenoxy) is 1. The van der Waals surface area contributed by atoms with Gasteiger partial charge in [0.15, 0.2) is 0 Å². The maximum absolute atomic E-state index is 13.7. The van der Waals surface area contributed by atoms with E-state index in [2.05, 4.69) is 15.0 Å². The predicted octanol–water partition coefficient (Wildman–Crippen LogP) is 3.35. The lowest BCUT2D eigenvalue weighted by Crippen LogP contribution is -2.15. The molecule has 0 bridgehead atoms. The van der Waals surface area contributed by atoms with Crippen LogP contribution in [0.15, 0.2) is 48.5 Å². The molecular weight excluding hydrogens is 299 g/mol. The maximum atomic E-state index is 13.7.